The van der Waals surface area contributed by atoms with Crippen LogP contribution in [0.15, 0.2) is 4.63 Å². The van der Waals surface area contributed by atoms with Crippen molar-refractivity contribution in [3.63, 3.8) is 0 Å². The smallest absolute Gasteiger partial charge is 0.121 e. The summed E-state index contributed by atoms with van der Waals surface area (Å²) in [5.41, 5.74) is 5.46. The lowest BCUT2D eigenvalue weighted by atomic mass is 10.0. The van der Waals surface area contributed by atoms with Crippen molar-refractivity contribution in [2.75, 3.05) is 0 Å². The molecule has 1 rings (SSSR count). The second kappa shape index (κ2) is 3.83. The fourth-order valence-corrected chi connectivity index (χ4v) is 0.985. The standard InChI is InChI=1S/C8H14FN3O/c1-8(2,9)4-3-6-7(5-10)12-13-11-6/h3-5,10H2,1-2H3. The van der Waals surface area contributed by atoms with E-state index >= 15 is 0 Å². The van der Waals surface area contributed by atoms with Crippen LogP contribution in [0.25, 0.3) is 0 Å². The number of aromatic nitrogens is 2. The predicted molar refractivity (Wildman–Crippen MR) is 45.7 cm³/mol. The zero-order valence-corrected chi connectivity index (χ0v) is 7.88. The number of aryl methyl sites for hydroxylation is 1. The molecule has 0 aromatic carbocycles. The Labute approximate surface area is 76.3 Å². The van der Waals surface area contributed by atoms with Gasteiger partial charge >= 0.3 is 0 Å². The number of nitrogens with zero attached hydrogens (tertiary/aromatic N) is 2. The van der Waals surface area contributed by atoms with Crippen LogP contribution in [0.4, 0.5) is 4.39 Å². The van der Waals surface area contributed by atoms with E-state index in [0.717, 1.165) is 0 Å². The van der Waals surface area contributed by atoms with Crippen molar-refractivity contribution in [2.24, 2.45) is 5.73 Å². The van der Waals surface area contributed by atoms with E-state index in [0.29, 0.717) is 24.2 Å². The van der Waals surface area contributed by atoms with Gasteiger partial charge in [0.1, 0.15) is 17.1 Å². The third-order valence-corrected chi connectivity index (χ3v) is 1.78. The largest absolute Gasteiger partial charge is 0.325 e. The molecule has 0 aliphatic rings. The van der Waals surface area contributed by atoms with Crippen molar-refractivity contribution in [3.05, 3.63) is 11.4 Å². The molecular weight excluding hydrogens is 173 g/mol. The molecule has 2 N–H and O–H groups in total. The number of nitrogens with two attached hydrogens (primary N) is 1. The lowest BCUT2D eigenvalue weighted by Crippen LogP contribution is -2.13. The summed E-state index contributed by atoms with van der Waals surface area (Å²) in [4.78, 5) is 0. The fraction of sp³-hybridized carbons (Fsp3) is 0.750. The van der Waals surface area contributed by atoms with Gasteiger partial charge in [0.25, 0.3) is 0 Å². The predicted octanol–water partition coefficient (Wildman–Crippen LogP) is 1.21. The quantitative estimate of drug-likeness (QED) is 0.769. The lowest BCUT2D eigenvalue weighted by Gasteiger charge is -2.11. The molecule has 0 unspecified atom stereocenters. The highest BCUT2D eigenvalue weighted by Crippen LogP contribution is 2.17. The zero-order chi connectivity index (χ0) is 9.90. The summed E-state index contributed by atoms with van der Waals surface area (Å²) < 4.78 is 17.6. The van der Waals surface area contributed by atoms with Gasteiger partial charge in [-0.25, -0.2) is 9.02 Å². The minimum absolute atomic E-state index is 0.283. The molecule has 0 spiro atoms. The van der Waals surface area contributed by atoms with E-state index in [9.17, 15) is 4.39 Å². The summed E-state index contributed by atoms with van der Waals surface area (Å²) in [6.45, 7) is 3.34. The maximum atomic E-state index is 13.1. The zero-order valence-electron chi connectivity index (χ0n) is 7.88. The Morgan fingerprint density at radius 2 is 2.00 bits per heavy atom. The van der Waals surface area contributed by atoms with Crippen LogP contribution in [-0.4, -0.2) is 16.0 Å². The molecule has 0 aliphatic heterocycles. The molecule has 1 aromatic rings. The van der Waals surface area contributed by atoms with Crippen LogP contribution in [0.5, 0.6) is 0 Å². The Morgan fingerprint density at radius 1 is 1.38 bits per heavy atom. The first-order chi connectivity index (χ1) is 6.03. The summed E-state index contributed by atoms with van der Waals surface area (Å²) in [7, 11) is 0. The van der Waals surface area contributed by atoms with Crippen LogP contribution in [-0.2, 0) is 13.0 Å². The molecule has 0 radical (unpaired) electrons. The van der Waals surface area contributed by atoms with Crippen molar-refractivity contribution >= 4 is 0 Å². The third-order valence-electron chi connectivity index (χ3n) is 1.78. The average molecular weight is 187 g/mol. The minimum atomic E-state index is -1.19. The topological polar surface area (TPSA) is 64.9 Å². The molecule has 4 nitrogen and oxygen atoms in total. The van der Waals surface area contributed by atoms with Gasteiger partial charge in [0.15, 0.2) is 0 Å². The van der Waals surface area contributed by atoms with Crippen molar-refractivity contribution < 1.29 is 9.02 Å². The second-order valence-electron chi connectivity index (χ2n) is 3.58. The van der Waals surface area contributed by atoms with Gasteiger partial charge in [-0.05, 0) is 26.7 Å². The highest BCUT2D eigenvalue weighted by atomic mass is 19.1. The second-order valence-corrected chi connectivity index (χ2v) is 3.58. The summed E-state index contributed by atoms with van der Waals surface area (Å²) in [6, 6.07) is 0. The Balaban J connectivity index is 2.54. The van der Waals surface area contributed by atoms with Crippen molar-refractivity contribution in [3.8, 4) is 0 Å². The number of hydrogen-bond acceptors (Lipinski definition) is 4. The van der Waals surface area contributed by atoms with Crippen molar-refractivity contribution in [1.82, 2.24) is 10.3 Å². The van der Waals surface area contributed by atoms with E-state index in [1.54, 1.807) is 0 Å². The molecule has 0 saturated carbocycles. The molecule has 0 bridgehead atoms. The van der Waals surface area contributed by atoms with E-state index in [4.69, 9.17) is 5.73 Å². The maximum Gasteiger partial charge on any atom is 0.121 e. The van der Waals surface area contributed by atoms with E-state index in [1.165, 1.54) is 13.8 Å². The lowest BCUT2D eigenvalue weighted by molar-refractivity contribution is 0.200. The molecule has 74 valence electrons. The summed E-state index contributed by atoms with van der Waals surface area (Å²) in [6.07, 6.45) is 0.910. The fourth-order valence-electron chi connectivity index (χ4n) is 0.985. The molecule has 0 amide bonds. The highest BCUT2D eigenvalue weighted by molar-refractivity contribution is 5.07. The first-order valence-electron chi connectivity index (χ1n) is 4.22. The van der Waals surface area contributed by atoms with Crippen LogP contribution in [0.2, 0.25) is 0 Å². The van der Waals surface area contributed by atoms with E-state index < -0.39 is 5.67 Å². The molecule has 1 heterocycles. The van der Waals surface area contributed by atoms with Crippen LogP contribution in [0.1, 0.15) is 31.7 Å². The first-order valence-corrected chi connectivity index (χ1v) is 4.22. The average Bonchev–Trinajstić information content (AvgIpc) is 2.46. The molecule has 0 aliphatic carbocycles. The normalized spacial score (nSPS) is 12.0. The number of hydrogen-bond donors (Lipinski definition) is 1. The molecule has 0 saturated heterocycles. The van der Waals surface area contributed by atoms with Gasteiger partial charge in [0.05, 0.1) is 0 Å². The highest BCUT2D eigenvalue weighted by Gasteiger charge is 2.18. The Bertz CT molecular complexity index is 267. The molecular formula is C8H14FN3O. The molecule has 13 heavy (non-hydrogen) atoms. The van der Waals surface area contributed by atoms with Crippen LogP contribution < -0.4 is 5.73 Å². The monoisotopic (exact) mass is 187 g/mol. The number of halogens is 1. The van der Waals surface area contributed by atoms with Crippen LogP contribution in [0.3, 0.4) is 0 Å². The van der Waals surface area contributed by atoms with Gasteiger partial charge < -0.3 is 5.73 Å². The summed E-state index contributed by atoms with van der Waals surface area (Å²) in [5.74, 6) is 0. The van der Waals surface area contributed by atoms with E-state index in [-0.39, 0.29) is 6.54 Å². The molecule has 0 atom stereocenters. The van der Waals surface area contributed by atoms with E-state index in [1.807, 2.05) is 0 Å². The van der Waals surface area contributed by atoms with Crippen LogP contribution >= 0.6 is 0 Å². The van der Waals surface area contributed by atoms with E-state index in [2.05, 4.69) is 14.9 Å². The van der Waals surface area contributed by atoms with Crippen molar-refractivity contribution in [2.45, 2.75) is 38.9 Å². The van der Waals surface area contributed by atoms with Crippen molar-refractivity contribution in [1.29, 1.82) is 0 Å². The SMILES string of the molecule is CC(C)(F)CCc1nonc1CN. The molecule has 1 aromatic heterocycles. The Hall–Kier alpha value is -0.970. The van der Waals surface area contributed by atoms with Gasteiger partial charge in [0, 0.05) is 6.54 Å². The third kappa shape index (κ3) is 3.10. The minimum Gasteiger partial charge on any atom is -0.325 e. The summed E-state index contributed by atoms with van der Waals surface area (Å²) in [5, 5.41) is 7.26. The summed E-state index contributed by atoms with van der Waals surface area (Å²) >= 11 is 0. The van der Waals surface area contributed by atoms with Gasteiger partial charge in [0.2, 0.25) is 0 Å². The Kier molecular flexibility index (Phi) is 2.98. The van der Waals surface area contributed by atoms with Gasteiger partial charge in [-0.2, -0.15) is 0 Å². The van der Waals surface area contributed by atoms with Gasteiger partial charge in [-0.1, -0.05) is 10.3 Å². The van der Waals surface area contributed by atoms with Gasteiger partial charge in [-0.15, -0.1) is 0 Å². The Morgan fingerprint density at radius 3 is 2.54 bits per heavy atom. The number of rotatable bonds is 4. The van der Waals surface area contributed by atoms with Crippen LogP contribution in [0, 0.1) is 0 Å². The molecule has 5 heteroatoms. The first kappa shape index (κ1) is 10.1. The molecule has 0 fully saturated rings. The number of alkyl halides is 1. The van der Waals surface area contributed by atoms with Gasteiger partial charge in [-0.3, -0.25) is 0 Å². The maximum absolute atomic E-state index is 13.1.